The lowest BCUT2D eigenvalue weighted by Gasteiger charge is -2.28. The number of rotatable bonds is 7. The fraction of sp³-hybridized carbons (Fsp3) is 0.417. The van der Waals surface area contributed by atoms with E-state index in [2.05, 4.69) is 0 Å². The van der Waals surface area contributed by atoms with Gasteiger partial charge < -0.3 is 24.4 Å². The minimum atomic E-state index is -0.659. The molecule has 2 aliphatic rings. The average Bonchev–Trinajstić information content (AvgIpc) is 3.38. The van der Waals surface area contributed by atoms with Crippen molar-refractivity contribution in [3.8, 4) is 5.75 Å². The Morgan fingerprint density at radius 3 is 2.84 bits per heavy atom. The van der Waals surface area contributed by atoms with Crippen LogP contribution in [0.1, 0.15) is 36.8 Å². The van der Waals surface area contributed by atoms with E-state index >= 15 is 0 Å². The van der Waals surface area contributed by atoms with E-state index in [1.807, 2.05) is 43.3 Å². The van der Waals surface area contributed by atoms with E-state index in [4.69, 9.17) is 9.47 Å². The molecular weight excluding hydrogens is 428 g/mol. The Morgan fingerprint density at radius 2 is 2.12 bits per heavy atom. The largest absolute Gasteiger partial charge is 0.507 e. The minimum absolute atomic E-state index is 0.102. The van der Waals surface area contributed by atoms with Gasteiger partial charge >= 0.3 is 0 Å². The number of thiophene rings is 1. The normalized spacial score (nSPS) is 20.1. The predicted octanol–water partition coefficient (Wildman–Crippen LogP) is 3.81. The molecule has 0 aliphatic carbocycles. The van der Waals surface area contributed by atoms with E-state index in [9.17, 15) is 14.7 Å². The molecule has 170 valence electrons. The van der Waals surface area contributed by atoms with Crippen LogP contribution in [0.5, 0.6) is 5.75 Å². The minimum Gasteiger partial charge on any atom is -0.507 e. The van der Waals surface area contributed by atoms with Gasteiger partial charge in [-0.3, -0.25) is 9.59 Å². The van der Waals surface area contributed by atoms with Crippen molar-refractivity contribution in [1.29, 1.82) is 0 Å². The summed E-state index contributed by atoms with van der Waals surface area (Å²) in [7, 11) is 1.95. The Kier molecular flexibility index (Phi) is 6.53. The Morgan fingerprint density at radius 1 is 1.31 bits per heavy atom. The number of hydrogen-bond acceptors (Lipinski definition) is 7. The van der Waals surface area contributed by atoms with Gasteiger partial charge in [0, 0.05) is 30.6 Å². The maximum atomic E-state index is 13.1. The van der Waals surface area contributed by atoms with Crippen LogP contribution in [-0.2, 0) is 14.3 Å². The summed E-state index contributed by atoms with van der Waals surface area (Å²) in [4.78, 5) is 30.4. The molecule has 0 spiro atoms. The molecule has 1 amide bonds. The number of nitrogens with zero attached hydrogens (tertiary/aromatic N) is 2. The van der Waals surface area contributed by atoms with E-state index in [1.165, 1.54) is 11.3 Å². The fourth-order valence-corrected chi connectivity index (χ4v) is 4.91. The second-order valence-electron chi connectivity index (χ2n) is 8.23. The second kappa shape index (κ2) is 9.34. The topological polar surface area (TPSA) is 79.3 Å². The quantitative estimate of drug-likeness (QED) is 0.295. The van der Waals surface area contributed by atoms with Gasteiger partial charge in [-0.05, 0) is 49.9 Å². The molecule has 0 radical (unpaired) electrons. The van der Waals surface area contributed by atoms with Crippen LogP contribution >= 0.6 is 11.3 Å². The summed E-state index contributed by atoms with van der Waals surface area (Å²) in [6, 6.07) is 8.48. The molecule has 4 rings (SSSR count). The third-order valence-electron chi connectivity index (χ3n) is 5.68. The Labute approximate surface area is 191 Å². The number of fused-ring (bicyclic) bond motifs is 1. The van der Waals surface area contributed by atoms with Crippen LogP contribution in [0, 0.1) is 0 Å². The fourth-order valence-electron chi connectivity index (χ4n) is 4.06. The van der Waals surface area contributed by atoms with Crippen molar-refractivity contribution in [3.63, 3.8) is 0 Å². The van der Waals surface area contributed by atoms with Crippen molar-refractivity contribution in [1.82, 2.24) is 4.90 Å². The number of ether oxygens (including phenoxy) is 2. The SMILES string of the molecule is CC(C)OCCCN1C(=O)C(=O)/C(=C(\O)c2ccc3c(c2)N(C)CCO3)C1c1cccs1. The van der Waals surface area contributed by atoms with Crippen molar-refractivity contribution >= 4 is 34.5 Å². The number of hydrogen-bond donors (Lipinski definition) is 1. The van der Waals surface area contributed by atoms with E-state index in [1.54, 1.807) is 23.1 Å². The zero-order valence-electron chi connectivity index (χ0n) is 18.5. The third kappa shape index (κ3) is 4.25. The smallest absolute Gasteiger partial charge is 0.295 e. The van der Waals surface area contributed by atoms with Crippen LogP contribution in [-0.4, -0.2) is 61.2 Å². The molecule has 1 aromatic heterocycles. The highest BCUT2D eigenvalue weighted by atomic mass is 32.1. The highest BCUT2D eigenvalue weighted by Gasteiger charge is 2.46. The van der Waals surface area contributed by atoms with Crippen molar-refractivity contribution in [2.24, 2.45) is 0 Å². The monoisotopic (exact) mass is 456 g/mol. The number of amides is 1. The van der Waals surface area contributed by atoms with Crippen LogP contribution < -0.4 is 9.64 Å². The molecule has 1 N–H and O–H groups in total. The summed E-state index contributed by atoms with van der Waals surface area (Å²) in [6.45, 7) is 6.11. The molecule has 1 atom stereocenters. The summed E-state index contributed by atoms with van der Waals surface area (Å²) in [5.74, 6) is -0.680. The maximum absolute atomic E-state index is 13.1. The number of benzene rings is 1. The van der Waals surface area contributed by atoms with E-state index in [0.717, 1.165) is 22.9 Å². The summed E-state index contributed by atoms with van der Waals surface area (Å²) in [5, 5.41) is 13.1. The molecule has 7 nitrogen and oxygen atoms in total. The van der Waals surface area contributed by atoms with Crippen LogP contribution in [0.25, 0.3) is 5.76 Å². The van der Waals surface area contributed by atoms with Crippen LogP contribution in [0.3, 0.4) is 0 Å². The number of carbonyl (C=O) groups excluding carboxylic acids is 2. The van der Waals surface area contributed by atoms with E-state index in [-0.39, 0.29) is 17.4 Å². The second-order valence-corrected chi connectivity index (χ2v) is 9.21. The lowest BCUT2D eigenvalue weighted by atomic mass is 9.99. The number of aliphatic hydroxyl groups is 1. The van der Waals surface area contributed by atoms with Gasteiger partial charge in [0.1, 0.15) is 18.1 Å². The number of ketones is 1. The highest BCUT2D eigenvalue weighted by molar-refractivity contribution is 7.10. The number of carbonyl (C=O) groups is 2. The Balaban J connectivity index is 1.71. The molecule has 2 aromatic rings. The summed E-state index contributed by atoms with van der Waals surface area (Å²) in [5.41, 5.74) is 1.46. The molecular formula is C24H28N2O5S. The van der Waals surface area contributed by atoms with Crippen molar-refractivity contribution in [2.45, 2.75) is 32.4 Å². The number of likely N-dealkylation sites (N-methyl/N-ethyl adjacent to an activating group) is 1. The molecule has 0 bridgehead atoms. The first kappa shape index (κ1) is 22.4. The molecule has 8 heteroatoms. The standard InChI is InChI=1S/C24H28N2O5S/c1-15(2)30-11-5-9-26-21(19-6-4-13-32-19)20(23(28)24(26)29)22(27)16-7-8-18-17(14-16)25(3)10-12-31-18/h4,6-8,13-15,21,27H,5,9-12H2,1-3H3/b22-20-. The van der Waals surface area contributed by atoms with Gasteiger partial charge in [0.15, 0.2) is 0 Å². The van der Waals surface area contributed by atoms with Gasteiger partial charge in [0.05, 0.1) is 30.0 Å². The van der Waals surface area contributed by atoms with Gasteiger partial charge in [0.25, 0.3) is 11.7 Å². The molecule has 0 saturated carbocycles. The molecule has 3 heterocycles. The van der Waals surface area contributed by atoms with Crippen molar-refractivity contribution in [3.05, 3.63) is 51.7 Å². The summed E-state index contributed by atoms with van der Waals surface area (Å²) in [6.07, 6.45) is 0.707. The van der Waals surface area contributed by atoms with Crippen LogP contribution in [0.4, 0.5) is 5.69 Å². The summed E-state index contributed by atoms with van der Waals surface area (Å²) < 4.78 is 11.3. The lowest BCUT2D eigenvalue weighted by Crippen LogP contribution is -2.31. The molecule has 1 fully saturated rings. The molecule has 1 aromatic carbocycles. The third-order valence-corrected chi connectivity index (χ3v) is 6.60. The van der Waals surface area contributed by atoms with Crippen LogP contribution in [0.15, 0.2) is 41.3 Å². The Hall–Kier alpha value is -2.84. The number of Topliss-reactive ketones (excluding diaryl/α,β-unsaturated/α-hetero) is 1. The van der Waals surface area contributed by atoms with Gasteiger partial charge in [-0.25, -0.2) is 0 Å². The lowest BCUT2D eigenvalue weighted by molar-refractivity contribution is -0.140. The Bertz CT molecular complexity index is 1030. The molecule has 1 saturated heterocycles. The average molecular weight is 457 g/mol. The highest BCUT2D eigenvalue weighted by Crippen LogP contribution is 2.42. The zero-order chi connectivity index (χ0) is 22.8. The van der Waals surface area contributed by atoms with Gasteiger partial charge in [0.2, 0.25) is 0 Å². The van der Waals surface area contributed by atoms with Crippen molar-refractivity contribution < 1.29 is 24.2 Å². The first-order valence-electron chi connectivity index (χ1n) is 10.8. The van der Waals surface area contributed by atoms with Gasteiger partial charge in [-0.2, -0.15) is 0 Å². The predicted molar refractivity (Wildman–Crippen MR) is 124 cm³/mol. The first-order chi connectivity index (χ1) is 15.4. The number of likely N-dealkylation sites (tertiary alicyclic amines) is 1. The molecule has 1 unspecified atom stereocenters. The number of aliphatic hydroxyl groups excluding tert-OH is 1. The first-order valence-corrected chi connectivity index (χ1v) is 11.7. The summed E-state index contributed by atoms with van der Waals surface area (Å²) >= 11 is 1.46. The zero-order valence-corrected chi connectivity index (χ0v) is 19.4. The number of anilines is 1. The van der Waals surface area contributed by atoms with E-state index in [0.29, 0.717) is 31.7 Å². The molecule has 32 heavy (non-hydrogen) atoms. The van der Waals surface area contributed by atoms with E-state index < -0.39 is 17.7 Å². The van der Waals surface area contributed by atoms with Crippen molar-refractivity contribution in [2.75, 3.05) is 38.3 Å². The van der Waals surface area contributed by atoms with Gasteiger partial charge in [-0.15, -0.1) is 11.3 Å². The van der Waals surface area contributed by atoms with Crippen LogP contribution in [0.2, 0.25) is 0 Å². The van der Waals surface area contributed by atoms with Gasteiger partial charge in [-0.1, -0.05) is 6.07 Å². The molecule has 2 aliphatic heterocycles. The maximum Gasteiger partial charge on any atom is 0.295 e.